The molecular weight excluding hydrogens is 202 g/mol. The van der Waals surface area contributed by atoms with Crippen molar-refractivity contribution in [1.29, 1.82) is 0 Å². The van der Waals surface area contributed by atoms with Gasteiger partial charge in [-0.25, -0.2) is 0 Å². The highest BCUT2D eigenvalue weighted by Crippen LogP contribution is 2.50. The van der Waals surface area contributed by atoms with Crippen molar-refractivity contribution in [3.8, 4) is 0 Å². The third-order valence-corrected chi connectivity index (χ3v) is 4.53. The minimum absolute atomic E-state index is 0.146. The number of azide groups is 1. The van der Waals surface area contributed by atoms with Crippen molar-refractivity contribution in [1.82, 2.24) is 0 Å². The Kier molecular flexibility index (Phi) is 2.25. The number of hydrogen-bond donors (Lipinski definition) is 0. The first-order chi connectivity index (χ1) is 7.81. The van der Waals surface area contributed by atoms with Crippen LogP contribution in [0.2, 0.25) is 0 Å². The summed E-state index contributed by atoms with van der Waals surface area (Å²) in [6, 6.07) is -0.390. The summed E-state index contributed by atoms with van der Waals surface area (Å²) in [7, 11) is 0. The molecule has 4 heteroatoms. The van der Waals surface area contributed by atoms with Gasteiger partial charge in [0.25, 0.3) is 0 Å². The largest absolute Gasteiger partial charge is 0.299 e. The molecule has 4 aliphatic rings. The standard InChI is InChI=1S/C12H15N3O/c13-15-14-10-6-5-9-7-1-3-8(4-2-7)11(9)12(10)16/h1,3,7-11H,2,4-6H2. The average Bonchev–Trinajstić information content (AvgIpc) is 2.34. The first kappa shape index (κ1) is 9.91. The molecule has 2 bridgehead atoms. The van der Waals surface area contributed by atoms with E-state index in [0.29, 0.717) is 17.8 Å². The summed E-state index contributed by atoms with van der Waals surface area (Å²) in [4.78, 5) is 15.0. The molecule has 0 N–H and O–H groups in total. The number of carbonyl (C=O) groups excluding carboxylic acids is 1. The van der Waals surface area contributed by atoms with Crippen LogP contribution in [0, 0.1) is 23.7 Å². The van der Waals surface area contributed by atoms with Crippen LogP contribution in [0.25, 0.3) is 10.4 Å². The molecule has 0 aliphatic heterocycles. The van der Waals surface area contributed by atoms with E-state index in [1.165, 1.54) is 6.42 Å². The molecule has 16 heavy (non-hydrogen) atoms. The lowest BCUT2D eigenvalue weighted by Gasteiger charge is -2.47. The van der Waals surface area contributed by atoms with E-state index < -0.39 is 0 Å². The fourth-order valence-electron chi connectivity index (χ4n) is 3.81. The first-order valence-electron chi connectivity index (χ1n) is 6.07. The molecule has 5 unspecified atom stereocenters. The van der Waals surface area contributed by atoms with Gasteiger partial charge in [0.1, 0.15) is 5.78 Å². The van der Waals surface area contributed by atoms with E-state index in [4.69, 9.17) is 5.53 Å². The minimum atomic E-state index is -0.390. The Morgan fingerprint density at radius 1 is 1.19 bits per heavy atom. The Balaban J connectivity index is 1.90. The topological polar surface area (TPSA) is 65.8 Å². The van der Waals surface area contributed by atoms with Crippen LogP contribution < -0.4 is 0 Å². The number of ketones is 1. The number of hydrogen-bond acceptors (Lipinski definition) is 2. The second kappa shape index (κ2) is 3.63. The van der Waals surface area contributed by atoms with Crippen LogP contribution in [0.4, 0.5) is 0 Å². The summed E-state index contributed by atoms with van der Waals surface area (Å²) in [5, 5.41) is 3.65. The molecule has 2 saturated carbocycles. The Bertz CT molecular complexity index is 397. The van der Waals surface area contributed by atoms with Gasteiger partial charge in [-0.15, -0.1) is 0 Å². The normalized spacial score (nSPS) is 45.0. The van der Waals surface area contributed by atoms with Crippen LogP contribution >= 0.6 is 0 Å². The molecule has 0 saturated heterocycles. The van der Waals surface area contributed by atoms with Gasteiger partial charge in [-0.1, -0.05) is 17.3 Å². The van der Waals surface area contributed by atoms with Gasteiger partial charge in [0, 0.05) is 10.8 Å². The summed E-state index contributed by atoms with van der Waals surface area (Å²) in [6.45, 7) is 0. The van der Waals surface area contributed by atoms with Crippen LogP contribution in [-0.4, -0.2) is 11.8 Å². The predicted octanol–water partition coefficient (Wildman–Crippen LogP) is 2.86. The third kappa shape index (κ3) is 1.30. The third-order valence-electron chi connectivity index (χ3n) is 4.53. The maximum absolute atomic E-state index is 12.2. The van der Waals surface area contributed by atoms with Crippen molar-refractivity contribution in [2.45, 2.75) is 31.7 Å². The monoisotopic (exact) mass is 217 g/mol. The summed E-state index contributed by atoms with van der Waals surface area (Å²) in [5.74, 6) is 1.90. The first-order valence-corrected chi connectivity index (χ1v) is 6.07. The maximum Gasteiger partial charge on any atom is 0.145 e. The van der Waals surface area contributed by atoms with Gasteiger partial charge >= 0.3 is 0 Å². The number of fused-ring (bicyclic) bond motifs is 1. The summed E-state index contributed by atoms with van der Waals surface area (Å²) in [5.41, 5.74) is 8.46. The molecule has 84 valence electrons. The summed E-state index contributed by atoms with van der Waals surface area (Å²) in [6.07, 6.45) is 8.69. The summed E-state index contributed by atoms with van der Waals surface area (Å²) >= 11 is 0. The molecule has 4 rings (SSSR count). The average molecular weight is 217 g/mol. The van der Waals surface area contributed by atoms with Gasteiger partial charge < -0.3 is 0 Å². The number of carbonyl (C=O) groups is 1. The molecule has 0 aromatic rings. The lowest BCUT2D eigenvalue weighted by Crippen LogP contribution is -2.48. The van der Waals surface area contributed by atoms with Gasteiger partial charge in [-0.3, -0.25) is 4.79 Å². The predicted molar refractivity (Wildman–Crippen MR) is 59.5 cm³/mol. The molecule has 0 amide bonds. The lowest BCUT2D eigenvalue weighted by molar-refractivity contribution is -0.133. The fourth-order valence-corrected chi connectivity index (χ4v) is 3.81. The Hall–Kier alpha value is -1.28. The zero-order valence-electron chi connectivity index (χ0n) is 9.12. The van der Waals surface area contributed by atoms with Crippen LogP contribution in [0.3, 0.4) is 0 Å². The molecule has 0 aromatic carbocycles. The molecule has 2 fully saturated rings. The zero-order valence-corrected chi connectivity index (χ0v) is 9.12. The van der Waals surface area contributed by atoms with Crippen molar-refractivity contribution < 1.29 is 4.79 Å². The van der Waals surface area contributed by atoms with E-state index >= 15 is 0 Å². The highest BCUT2D eigenvalue weighted by Gasteiger charge is 2.48. The second-order valence-corrected chi connectivity index (χ2v) is 5.18. The molecule has 0 spiro atoms. The second-order valence-electron chi connectivity index (χ2n) is 5.18. The van der Waals surface area contributed by atoms with Crippen LogP contribution in [0.15, 0.2) is 17.3 Å². The summed E-state index contributed by atoms with van der Waals surface area (Å²) < 4.78 is 0. The highest BCUT2D eigenvalue weighted by atomic mass is 16.1. The minimum Gasteiger partial charge on any atom is -0.299 e. The van der Waals surface area contributed by atoms with E-state index in [2.05, 4.69) is 22.2 Å². The maximum atomic E-state index is 12.2. The number of nitrogens with zero attached hydrogens (tertiary/aromatic N) is 3. The van der Waals surface area contributed by atoms with E-state index in [1.54, 1.807) is 0 Å². The Morgan fingerprint density at radius 2 is 1.94 bits per heavy atom. The molecule has 0 aromatic heterocycles. The molecule has 4 aliphatic carbocycles. The van der Waals surface area contributed by atoms with E-state index in [0.717, 1.165) is 19.3 Å². The molecule has 4 nitrogen and oxygen atoms in total. The van der Waals surface area contributed by atoms with Gasteiger partial charge in [-0.2, -0.15) is 0 Å². The number of Topliss-reactive ketones (excluding diaryl/α,β-unsaturated/α-hetero) is 1. The SMILES string of the molecule is [N-]=[N+]=NC1CCC2C3C=CC(CC3)C2C1=O. The molecule has 5 atom stereocenters. The van der Waals surface area contributed by atoms with Gasteiger partial charge in [-0.05, 0) is 49.0 Å². The Morgan fingerprint density at radius 3 is 2.62 bits per heavy atom. The highest BCUT2D eigenvalue weighted by molar-refractivity contribution is 5.88. The van der Waals surface area contributed by atoms with E-state index in [1.807, 2.05) is 0 Å². The fraction of sp³-hybridized carbons (Fsp3) is 0.750. The quantitative estimate of drug-likeness (QED) is 0.288. The molecule has 0 radical (unpaired) electrons. The smallest absolute Gasteiger partial charge is 0.145 e. The molecule has 0 heterocycles. The Labute approximate surface area is 94.3 Å². The zero-order chi connectivity index (χ0) is 11.1. The van der Waals surface area contributed by atoms with Crippen molar-refractivity contribution >= 4 is 5.78 Å². The number of rotatable bonds is 1. The van der Waals surface area contributed by atoms with Crippen LogP contribution in [-0.2, 0) is 4.79 Å². The van der Waals surface area contributed by atoms with Gasteiger partial charge in [0.05, 0.1) is 6.04 Å². The van der Waals surface area contributed by atoms with E-state index in [-0.39, 0.29) is 17.7 Å². The number of allylic oxidation sites excluding steroid dienone is 2. The van der Waals surface area contributed by atoms with Crippen molar-refractivity contribution in [2.24, 2.45) is 28.8 Å². The van der Waals surface area contributed by atoms with Crippen molar-refractivity contribution in [3.63, 3.8) is 0 Å². The van der Waals surface area contributed by atoms with Crippen molar-refractivity contribution in [2.75, 3.05) is 0 Å². The van der Waals surface area contributed by atoms with Crippen LogP contribution in [0.1, 0.15) is 25.7 Å². The van der Waals surface area contributed by atoms with Gasteiger partial charge in [0.2, 0.25) is 0 Å². The molecular formula is C12H15N3O. The lowest BCUT2D eigenvalue weighted by atomic mass is 9.56. The van der Waals surface area contributed by atoms with Crippen LogP contribution in [0.5, 0.6) is 0 Å². The van der Waals surface area contributed by atoms with E-state index in [9.17, 15) is 4.79 Å². The van der Waals surface area contributed by atoms with Crippen molar-refractivity contribution in [3.05, 3.63) is 22.6 Å². The van der Waals surface area contributed by atoms with Gasteiger partial charge in [0.15, 0.2) is 0 Å².